The van der Waals surface area contributed by atoms with Crippen molar-refractivity contribution in [1.29, 1.82) is 0 Å². The number of aromatic amines is 1. The van der Waals surface area contributed by atoms with Gasteiger partial charge in [0.05, 0.1) is 10.7 Å². The van der Waals surface area contributed by atoms with E-state index >= 15 is 0 Å². The molecule has 2 aromatic rings. The number of H-pyrrole nitrogens is 1. The first-order valence-corrected chi connectivity index (χ1v) is 5.93. The second kappa shape index (κ2) is 5.56. The molecule has 0 saturated carbocycles. The van der Waals surface area contributed by atoms with E-state index in [9.17, 15) is 4.39 Å². The summed E-state index contributed by atoms with van der Waals surface area (Å²) in [5, 5.41) is 0.315. The number of hydrogen-bond acceptors (Lipinski definition) is 3. The second-order valence-corrected chi connectivity index (χ2v) is 4.46. The molecule has 0 saturated heterocycles. The zero-order chi connectivity index (χ0) is 13.1. The highest BCUT2D eigenvalue weighted by Crippen LogP contribution is 2.27. The Bertz CT molecular complexity index is 630. The van der Waals surface area contributed by atoms with Crippen LogP contribution in [0.1, 0.15) is 5.82 Å². The van der Waals surface area contributed by atoms with Crippen LogP contribution in [0.15, 0.2) is 24.3 Å². The van der Waals surface area contributed by atoms with E-state index < -0.39 is 0 Å². The lowest BCUT2D eigenvalue weighted by atomic mass is 10.1. The predicted octanol–water partition coefficient (Wildman–Crippen LogP) is 3.75. The minimum atomic E-state index is -0.381. The van der Waals surface area contributed by atoms with Crippen LogP contribution in [0.5, 0.6) is 0 Å². The van der Waals surface area contributed by atoms with Gasteiger partial charge in [0.25, 0.3) is 0 Å². The monoisotopic (exact) mass is 284 g/mol. The SMILES string of the molecule is COCc1nc(=S)cc(-c2ccc(F)cc2Cl)[nH]1. The quantitative estimate of drug-likeness (QED) is 0.873. The summed E-state index contributed by atoms with van der Waals surface area (Å²) in [4.78, 5) is 7.17. The summed E-state index contributed by atoms with van der Waals surface area (Å²) in [6.07, 6.45) is 0. The average molecular weight is 285 g/mol. The Labute approximate surface area is 114 Å². The van der Waals surface area contributed by atoms with E-state index in [1.165, 1.54) is 12.1 Å². The molecule has 0 aliphatic carbocycles. The Morgan fingerprint density at radius 2 is 2.22 bits per heavy atom. The van der Waals surface area contributed by atoms with Gasteiger partial charge >= 0.3 is 0 Å². The van der Waals surface area contributed by atoms with E-state index in [0.29, 0.717) is 33.4 Å². The number of benzene rings is 1. The van der Waals surface area contributed by atoms with E-state index in [-0.39, 0.29) is 5.82 Å². The number of ether oxygens (including phenoxy) is 1. The lowest BCUT2D eigenvalue weighted by Crippen LogP contribution is -1.99. The minimum absolute atomic E-state index is 0.315. The molecule has 0 amide bonds. The van der Waals surface area contributed by atoms with Gasteiger partial charge in [-0.1, -0.05) is 23.8 Å². The van der Waals surface area contributed by atoms with Crippen LogP contribution in [0, 0.1) is 10.5 Å². The van der Waals surface area contributed by atoms with E-state index in [1.54, 1.807) is 19.2 Å². The van der Waals surface area contributed by atoms with Crippen LogP contribution >= 0.6 is 23.8 Å². The molecule has 3 nitrogen and oxygen atoms in total. The van der Waals surface area contributed by atoms with E-state index in [4.69, 9.17) is 28.6 Å². The maximum Gasteiger partial charge on any atom is 0.134 e. The zero-order valence-corrected chi connectivity index (χ0v) is 11.1. The summed E-state index contributed by atoms with van der Waals surface area (Å²) in [5.74, 6) is 0.217. The molecule has 0 radical (unpaired) electrons. The summed E-state index contributed by atoms with van der Waals surface area (Å²) < 4.78 is 18.4. The zero-order valence-electron chi connectivity index (χ0n) is 9.54. The summed E-state index contributed by atoms with van der Waals surface area (Å²) in [6, 6.07) is 5.86. The van der Waals surface area contributed by atoms with Crippen LogP contribution in [0.25, 0.3) is 11.3 Å². The molecule has 1 heterocycles. The van der Waals surface area contributed by atoms with Gasteiger partial charge in [-0.2, -0.15) is 0 Å². The number of halogens is 2. The highest BCUT2D eigenvalue weighted by atomic mass is 35.5. The van der Waals surface area contributed by atoms with Gasteiger partial charge in [0.15, 0.2) is 0 Å². The Balaban J connectivity index is 2.53. The molecule has 2 rings (SSSR count). The van der Waals surface area contributed by atoms with E-state index in [2.05, 4.69) is 9.97 Å². The largest absolute Gasteiger partial charge is 0.377 e. The van der Waals surface area contributed by atoms with Gasteiger partial charge in [0.1, 0.15) is 22.9 Å². The number of hydrogen-bond donors (Lipinski definition) is 1. The van der Waals surface area contributed by atoms with Gasteiger partial charge in [0.2, 0.25) is 0 Å². The molecular formula is C12H10ClFN2OS. The van der Waals surface area contributed by atoms with Crippen molar-refractivity contribution in [3.05, 3.63) is 45.6 Å². The maximum atomic E-state index is 13.0. The Kier molecular flexibility index (Phi) is 4.06. The van der Waals surface area contributed by atoms with Crippen molar-refractivity contribution in [2.24, 2.45) is 0 Å². The molecule has 1 aromatic heterocycles. The van der Waals surface area contributed by atoms with E-state index in [0.717, 1.165) is 0 Å². The van der Waals surface area contributed by atoms with Crippen molar-refractivity contribution in [2.45, 2.75) is 6.61 Å². The minimum Gasteiger partial charge on any atom is -0.377 e. The Morgan fingerprint density at radius 3 is 2.89 bits per heavy atom. The highest BCUT2D eigenvalue weighted by molar-refractivity contribution is 7.71. The molecule has 0 aliphatic heterocycles. The van der Waals surface area contributed by atoms with Gasteiger partial charge in [-0.05, 0) is 24.3 Å². The smallest absolute Gasteiger partial charge is 0.134 e. The number of aromatic nitrogens is 2. The highest BCUT2D eigenvalue weighted by Gasteiger charge is 2.07. The van der Waals surface area contributed by atoms with Crippen molar-refractivity contribution in [2.75, 3.05) is 7.11 Å². The molecule has 0 atom stereocenters. The fourth-order valence-electron chi connectivity index (χ4n) is 1.57. The standard InChI is InChI=1S/C12H10ClFN2OS/c1-17-6-11-15-10(5-12(18)16-11)8-3-2-7(14)4-9(8)13/h2-5H,6H2,1H3,(H,15,16,18). The third kappa shape index (κ3) is 2.93. The normalized spacial score (nSPS) is 10.6. The second-order valence-electron chi connectivity index (χ2n) is 3.64. The average Bonchev–Trinajstić information content (AvgIpc) is 2.28. The number of methoxy groups -OCH3 is 1. The molecule has 18 heavy (non-hydrogen) atoms. The topological polar surface area (TPSA) is 37.9 Å². The molecule has 0 unspecified atom stereocenters. The summed E-state index contributed by atoms with van der Waals surface area (Å²) >= 11 is 11.1. The third-order valence-corrected chi connectivity index (χ3v) is 2.82. The summed E-state index contributed by atoms with van der Waals surface area (Å²) in [5.41, 5.74) is 1.36. The molecular weight excluding hydrogens is 275 g/mol. The van der Waals surface area contributed by atoms with Crippen LogP contribution in [-0.4, -0.2) is 17.1 Å². The molecule has 0 bridgehead atoms. The summed E-state index contributed by atoms with van der Waals surface area (Å²) in [7, 11) is 1.57. The van der Waals surface area contributed by atoms with Crippen molar-refractivity contribution < 1.29 is 9.13 Å². The van der Waals surface area contributed by atoms with Crippen molar-refractivity contribution in [1.82, 2.24) is 9.97 Å². The Hall–Kier alpha value is -1.30. The first kappa shape index (κ1) is 13.1. The number of nitrogens with zero attached hydrogens (tertiary/aromatic N) is 1. The lowest BCUT2D eigenvalue weighted by Gasteiger charge is -2.07. The van der Waals surface area contributed by atoms with Gasteiger partial charge in [-0.25, -0.2) is 9.37 Å². The molecule has 1 aromatic carbocycles. The van der Waals surface area contributed by atoms with Crippen LogP contribution in [0.4, 0.5) is 4.39 Å². The molecule has 0 spiro atoms. The van der Waals surface area contributed by atoms with Gasteiger partial charge in [0, 0.05) is 12.7 Å². The molecule has 0 fully saturated rings. The van der Waals surface area contributed by atoms with Crippen molar-refractivity contribution in [3.8, 4) is 11.3 Å². The number of rotatable bonds is 3. The van der Waals surface area contributed by atoms with Crippen molar-refractivity contribution >= 4 is 23.8 Å². The number of nitrogens with one attached hydrogen (secondary N) is 1. The fourth-order valence-corrected chi connectivity index (χ4v) is 2.06. The van der Waals surface area contributed by atoms with Gasteiger partial charge in [-0.15, -0.1) is 0 Å². The van der Waals surface area contributed by atoms with Crippen LogP contribution in [0.3, 0.4) is 0 Å². The predicted molar refractivity (Wildman–Crippen MR) is 70.5 cm³/mol. The lowest BCUT2D eigenvalue weighted by molar-refractivity contribution is 0.177. The van der Waals surface area contributed by atoms with Crippen LogP contribution in [0.2, 0.25) is 5.02 Å². The molecule has 94 valence electrons. The molecule has 1 N–H and O–H groups in total. The molecule has 6 heteroatoms. The van der Waals surface area contributed by atoms with Gasteiger partial charge < -0.3 is 9.72 Å². The maximum absolute atomic E-state index is 13.0. The Morgan fingerprint density at radius 1 is 1.44 bits per heavy atom. The van der Waals surface area contributed by atoms with E-state index in [1.807, 2.05) is 0 Å². The van der Waals surface area contributed by atoms with Crippen LogP contribution in [-0.2, 0) is 11.3 Å². The van der Waals surface area contributed by atoms with Gasteiger partial charge in [-0.3, -0.25) is 0 Å². The van der Waals surface area contributed by atoms with Crippen LogP contribution < -0.4 is 0 Å². The summed E-state index contributed by atoms with van der Waals surface area (Å²) in [6.45, 7) is 0.316. The first-order valence-electron chi connectivity index (χ1n) is 5.15. The molecule has 0 aliphatic rings. The third-order valence-electron chi connectivity index (χ3n) is 2.29. The first-order chi connectivity index (χ1) is 8.60. The van der Waals surface area contributed by atoms with Crippen molar-refractivity contribution in [3.63, 3.8) is 0 Å². The fraction of sp³-hybridized carbons (Fsp3) is 0.167.